The highest BCUT2D eigenvalue weighted by Gasteiger charge is 2.42. The zero-order chi connectivity index (χ0) is 12.6. The van der Waals surface area contributed by atoms with E-state index in [1.807, 2.05) is 4.98 Å². The van der Waals surface area contributed by atoms with Gasteiger partial charge >= 0.3 is 5.69 Å². The molecule has 8 heteroatoms. The second-order valence-corrected chi connectivity index (χ2v) is 3.83. The summed E-state index contributed by atoms with van der Waals surface area (Å²) in [5.41, 5.74) is 4.38. The predicted molar refractivity (Wildman–Crippen MR) is 56.3 cm³/mol. The first-order chi connectivity index (χ1) is 8.04. The molecule has 0 saturated carbocycles. The van der Waals surface area contributed by atoms with Crippen LogP contribution in [0.5, 0.6) is 0 Å². The summed E-state index contributed by atoms with van der Waals surface area (Å²) in [5, 5.41) is 18.8. The fourth-order valence-corrected chi connectivity index (χ4v) is 1.78. The molecule has 0 amide bonds. The van der Waals surface area contributed by atoms with Crippen molar-refractivity contribution in [3.8, 4) is 0 Å². The number of nitrogens with two attached hydrogens (primary N) is 1. The van der Waals surface area contributed by atoms with Gasteiger partial charge in [-0.3, -0.25) is 14.3 Å². The van der Waals surface area contributed by atoms with Gasteiger partial charge in [-0.05, 0) is 0 Å². The number of hydrogen-bond acceptors (Lipinski definition) is 6. The molecule has 4 atom stereocenters. The SMILES string of the molecule is NC1C(CO)OC(n2ccc(=O)[nH]c2=O)C1O. The Morgan fingerprint density at radius 3 is 2.76 bits per heavy atom. The van der Waals surface area contributed by atoms with Gasteiger partial charge in [0.1, 0.15) is 12.2 Å². The summed E-state index contributed by atoms with van der Waals surface area (Å²) in [6.45, 7) is -0.354. The van der Waals surface area contributed by atoms with Gasteiger partial charge in [0.25, 0.3) is 5.56 Å². The molecule has 94 valence electrons. The molecule has 1 fully saturated rings. The normalized spacial score (nSPS) is 32.9. The van der Waals surface area contributed by atoms with Crippen molar-refractivity contribution in [2.24, 2.45) is 5.73 Å². The molecule has 1 aromatic rings. The minimum absolute atomic E-state index is 0.354. The van der Waals surface area contributed by atoms with E-state index in [1.165, 1.54) is 6.20 Å². The molecule has 0 bridgehead atoms. The first kappa shape index (κ1) is 12.0. The number of ether oxygens (including phenoxy) is 1. The molecule has 0 radical (unpaired) electrons. The highest BCUT2D eigenvalue weighted by Crippen LogP contribution is 2.26. The number of rotatable bonds is 2. The third-order valence-corrected chi connectivity index (χ3v) is 2.74. The Morgan fingerprint density at radius 2 is 2.24 bits per heavy atom. The van der Waals surface area contributed by atoms with Crippen molar-refractivity contribution >= 4 is 0 Å². The van der Waals surface area contributed by atoms with Crippen LogP contribution in [-0.2, 0) is 4.74 Å². The molecule has 1 aliphatic heterocycles. The first-order valence-corrected chi connectivity index (χ1v) is 5.06. The Bertz CT molecular complexity index is 510. The molecule has 0 aliphatic carbocycles. The number of H-pyrrole nitrogens is 1. The third kappa shape index (κ3) is 2.03. The van der Waals surface area contributed by atoms with Gasteiger partial charge in [-0.25, -0.2) is 4.79 Å². The molecule has 2 heterocycles. The van der Waals surface area contributed by atoms with Gasteiger partial charge in [-0.15, -0.1) is 0 Å². The minimum Gasteiger partial charge on any atom is -0.394 e. The maximum atomic E-state index is 11.5. The lowest BCUT2D eigenvalue weighted by Crippen LogP contribution is -2.42. The van der Waals surface area contributed by atoms with Crippen LogP contribution >= 0.6 is 0 Å². The average Bonchev–Trinajstić information content (AvgIpc) is 2.57. The summed E-state index contributed by atoms with van der Waals surface area (Å²) >= 11 is 0. The summed E-state index contributed by atoms with van der Waals surface area (Å²) in [6.07, 6.45) is -1.67. The van der Waals surface area contributed by atoms with Crippen LogP contribution in [0.3, 0.4) is 0 Å². The molecule has 0 aromatic carbocycles. The molecule has 2 rings (SSSR count). The van der Waals surface area contributed by atoms with E-state index in [0.29, 0.717) is 0 Å². The average molecular weight is 243 g/mol. The van der Waals surface area contributed by atoms with E-state index in [-0.39, 0.29) is 6.61 Å². The first-order valence-electron chi connectivity index (χ1n) is 5.06. The summed E-state index contributed by atoms with van der Waals surface area (Å²) < 4.78 is 6.29. The second kappa shape index (κ2) is 4.41. The topological polar surface area (TPSA) is 131 Å². The second-order valence-electron chi connectivity index (χ2n) is 3.83. The number of hydrogen-bond donors (Lipinski definition) is 4. The molecule has 0 spiro atoms. The number of aliphatic hydroxyl groups is 2. The van der Waals surface area contributed by atoms with E-state index < -0.39 is 35.7 Å². The standard InChI is InChI=1S/C9H13N3O5/c10-6-4(3-13)17-8(7(6)15)12-2-1-5(14)11-9(12)16/h1-2,4,6-8,13,15H,3,10H2,(H,11,14,16). The Kier molecular flexibility index (Phi) is 3.11. The minimum atomic E-state index is -1.13. The van der Waals surface area contributed by atoms with Crippen LogP contribution < -0.4 is 17.0 Å². The highest BCUT2D eigenvalue weighted by molar-refractivity contribution is 4.94. The van der Waals surface area contributed by atoms with Gasteiger partial charge in [-0.2, -0.15) is 0 Å². The zero-order valence-electron chi connectivity index (χ0n) is 8.81. The van der Waals surface area contributed by atoms with E-state index in [9.17, 15) is 14.7 Å². The Labute approximate surface area is 95.3 Å². The van der Waals surface area contributed by atoms with Crippen LogP contribution in [0.4, 0.5) is 0 Å². The summed E-state index contributed by atoms with van der Waals surface area (Å²) in [6, 6.07) is 0.346. The number of aromatic nitrogens is 2. The number of aliphatic hydroxyl groups excluding tert-OH is 2. The fourth-order valence-electron chi connectivity index (χ4n) is 1.78. The van der Waals surface area contributed by atoms with E-state index in [4.69, 9.17) is 15.6 Å². The third-order valence-electron chi connectivity index (χ3n) is 2.74. The van der Waals surface area contributed by atoms with Crippen LogP contribution in [-0.4, -0.2) is 44.6 Å². The molecule has 1 aliphatic rings. The van der Waals surface area contributed by atoms with E-state index in [2.05, 4.69) is 0 Å². The van der Waals surface area contributed by atoms with Gasteiger partial charge in [-0.1, -0.05) is 0 Å². The Hall–Kier alpha value is -1.48. The van der Waals surface area contributed by atoms with Gasteiger partial charge in [0.05, 0.1) is 12.6 Å². The van der Waals surface area contributed by atoms with Crippen LogP contribution in [0.2, 0.25) is 0 Å². The smallest absolute Gasteiger partial charge is 0.330 e. The van der Waals surface area contributed by atoms with Crippen LogP contribution in [0.15, 0.2) is 21.9 Å². The molecule has 4 unspecified atom stereocenters. The predicted octanol–water partition coefficient (Wildman–Crippen LogP) is -2.89. The van der Waals surface area contributed by atoms with Crippen LogP contribution in [0.1, 0.15) is 6.23 Å². The van der Waals surface area contributed by atoms with Gasteiger partial charge < -0.3 is 20.7 Å². The maximum absolute atomic E-state index is 11.5. The highest BCUT2D eigenvalue weighted by atomic mass is 16.5. The quantitative estimate of drug-likeness (QED) is 0.441. The summed E-state index contributed by atoms with van der Waals surface area (Å²) in [4.78, 5) is 24.4. The number of nitrogens with zero attached hydrogens (tertiary/aromatic N) is 1. The number of aromatic amines is 1. The van der Waals surface area contributed by atoms with Crippen molar-refractivity contribution in [2.75, 3.05) is 6.61 Å². The lowest BCUT2D eigenvalue weighted by Gasteiger charge is -2.16. The molecule has 5 N–H and O–H groups in total. The maximum Gasteiger partial charge on any atom is 0.330 e. The van der Waals surface area contributed by atoms with Crippen molar-refractivity contribution in [1.82, 2.24) is 9.55 Å². The Morgan fingerprint density at radius 1 is 1.53 bits per heavy atom. The molecular formula is C9H13N3O5. The molecule has 17 heavy (non-hydrogen) atoms. The molecular weight excluding hydrogens is 230 g/mol. The van der Waals surface area contributed by atoms with Crippen molar-refractivity contribution in [2.45, 2.75) is 24.5 Å². The molecule has 1 aromatic heterocycles. The van der Waals surface area contributed by atoms with Crippen molar-refractivity contribution in [3.63, 3.8) is 0 Å². The van der Waals surface area contributed by atoms with E-state index >= 15 is 0 Å². The largest absolute Gasteiger partial charge is 0.394 e. The van der Waals surface area contributed by atoms with Gasteiger partial charge in [0.2, 0.25) is 0 Å². The van der Waals surface area contributed by atoms with Crippen molar-refractivity contribution in [3.05, 3.63) is 33.1 Å². The zero-order valence-corrected chi connectivity index (χ0v) is 8.81. The fraction of sp³-hybridized carbons (Fsp3) is 0.556. The van der Waals surface area contributed by atoms with Crippen LogP contribution in [0.25, 0.3) is 0 Å². The monoisotopic (exact) mass is 243 g/mol. The summed E-state index contributed by atoms with van der Waals surface area (Å²) in [7, 11) is 0. The Balaban J connectivity index is 2.35. The summed E-state index contributed by atoms with van der Waals surface area (Å²) in [5.74, 6) is 0. The lowest BCUT2D eigenvalue weighted by molar-refractivity contribution is -0.0532. The molecule has 8 nitrogen and oxygen atoms in total. The van der Waals surface area contributed by atoms with Gasteiger partial charge in [0, 0.05) is 12.3 Å². The lowest BCUT2D eigenvalue weighted by atomic mass is 10.1. The van der Waals surface area contributed by atoms with Crippen molar-refractivity contribution in [1.29, 1.82) is 0 Å². The van der Waals surface area contributed by atoms with Crippen molar-refractivity contribution < 1.29 is 14.9 Å². The van der Waals surface area contributed by atoms with Gasteiger partial charge in [0.15, 0.2) is 6.23 Å². The van der Waals surface area contributed by atoms with E-state index in [1.54, 1.807) is 0 Å². The van der Waals surface area contributed by atoms with E-state index in [0.717, 1.165) is 10.6 Å². The van der Waals surface area contributed by atoms with Crippen LogP contribution in [0, 0.1) is 0 Å². The molecule has 1 saturated heterocycles. The number of nitrogens with one attached hydrogen (secondary N) is 1.